The highest BCUT2D eigenvalue weighted by Gasteiger charge is 2.15. The first-order valence-electron chi connectivity index (χ1n) is 9.61. The van der Waals surface area contributed by atoms with Gasteiger partial charge in [-0.15, -0.1) is 0 Å². The molecule has 0 aliphatic carbocycles. The van der Waals surface area contributed by atoms with Gasteiger partial charge in [-0.25, -0.2) is 4.98 Å². The monoisotopic (exact) mass is 385 g/mol. The topological polar surface area (TPSA) is 62.5 Å². The minimum atomic E-state index is 0.0955. The van der Waals surface area contributed by atoms with Crippen molar-refractivity contribution in [3.8, 4) is 11.3 Å². The van der Waals surface area contributed by atoms with Crippen LogP contribution in [0.25, 0.3) is 16.9 Å². The normalized spacial score (nSPS) is 10.8. The van der Waals surface area contributed by atoms with Gasteiger partial charge in [0.05, 0.1) is 6.20 Å². The first kappa shape index (κ1) is 18.7. The number of benzene rings is 2. The van der Waals surface area contributed by atoms with E-state index in [0.717, 1.165) is 28.3 Å². The van der Waals surface area contributed by atoms with Gasteiger partial charge in [-0.2, -0.15) is 0 Å². The first-order valence-corrected chi connectivity index (χ1v) is 9.61. The molecule has 0 radical (unpaired) electrons. The number of imidazole rings is 1. The SMILES string of the molecule is CN(Cc1ccccc1)C(=O)CCNc1c(-c2ccccc2)nc2cnccn12. The van der Waals surface area contributed by atoms with Crippen molar-refractivity contribution in [1.29, 1.82) is 0 Å². The number of amides is 1. The van der Waals surface area contributed by atoms with Gasteiger partial charge in [0.1, 0.15) is 11.5 Å². The molecule has 0 aliphatic heterocycles. The van der Waals surface area contributed by atoms with Crippen molar-refractivity contribution in [2.75, 3.05) is 18.9 Å². The van der Waals surface area contributed by atoms with Gasteiger partial charge in [0, 0.05) is 44.5 Å². The Morgan fingerprint density at radius 3 is 2.55 bits per heavy atom. The number of carbonyl (C=O) groups excluding carboxylic acids is 1. The van der Waals surface area contributed by atoms with Crippen LogP contribution >= 0.6 is 0 Å². The molecule has 1 amide bonds. The van der Waals surface area contributed by atoms with Crippen LogP contribution in [0.2, 0.25) is 0 Å². The fourth-order valence-electron chi connectivity index (χ4n) is 3.30. The number of anilines is 1. The number of fused-ring (bicyclic) bond motifs is 1. The van der Waals surface area contributed by atoms with E-state index in [2.05, 4.69) is 10.3 Å². The Morgan fingerprint density at radius 2 is 1.79 bits per heavy atom. The second-order valence-corrected chi connectivity index (χ2v) is 6.89. The van der Waals surface area contributed by atoms with E-state index >= 15 is 0 Å². The van der Waals surface area contributed by atoms with Crippen molar-refractivity contribution in [3.63, 3.8) is 0 Å². The predicted molar refractivity (Wildman–Crippen MR) is 114 cm³/mol. The molecule has 1 N–H and O–H groups in total. The lowest BCUT2D eigenvalue weighted by Crippen LogP contribution is -2.27. The van der Waals surface area contributed by atoms with E-state index in [4.69, 9.17) is 4.98 Å². The molecule has 6 heteroatoms. The van der Waals surface area contributed by atoms with E-state index in [0.29, 0.717) is 19.5 Å². The summed E-state index contributed by atoms with van der Waals surface area (Å²) < 4.78 is 1.97. The Bertz CT molecular complexity index is 1090. The van der Waals surface area contributed by atoms with Crippen molar-refractivity contribution in [2.24, 2.45) is 0 Å². The van der Waals surface area contributed by atoms with Crippen LogP contribution in [0.4, 0.5) is 5.82 Å². The van der Waals surface area contributed by atoms with Crippen LogP contribution in [-0.4, -0.2) is 38.8 Å². The van der Waals surface area contributed by atoms with Crippen molar-refractivity contribution in [3.05, 3.63) is 84.8 Å². The van der Waals surface area contributed by atoms with Crippen LogP contribution in [0.1, 0.15) is 12.0 Å². The molecule has 0 fully saturated rings. The van der Waals surface area contributed by atoms with Gasteiger partial charge in [-0.3, -0.25) is 14.2 Å². The number of carbonyl (C=O) groups is 1. The van der Waals surface area contributed by atoms with E-state index in [1.807, 2.05) is 78.3 Å². The van der Waals surface area contributed by atoms with Crippen LogP contribution in [0, 0.1) is 0 Å². The van der Waals surface area contributed by atoms with E-state index < -0.39 is 0 Å². The summed E-state index contributed by atoms with van der Waals surface area (Å²) in [6.07, 6.45) is 5.74. The summed E-state index contributed by atoms with van der Waals surface area (Å²) in [7, 11) is 1.84. The van der Waals surface area contributed by atoms with Gasteiger partial charge in [0.2, 0.25) is 5.91 Å². The molecule has 0 spiro atoms. The maximum atomic E-state index is 12.5. The molecule has 2 aromatic heterocycles. The summed E-state index contributed by atoms with van der Waals surface area (Å²) in [5.41, 5.74) is 3.76. The highest BCUT2D eigenvalue weighted by Crippen LogP contribution is 2.28. The lowest BCUT2D eigenvalue weighted by Gasteiger charge is -2.17. The Balaban J connectivity index is 1.46. The number of nitrogens with one attached hydrogen (secondary N) is 1. The van der Waals surface area contributed by atoms with Gasteiger partial charge < -0.3 is 10.2 Å². The minimum Gasteiger partial charge on any atom is -0.369 e. The molecule has 2 heterocycles. The third-order valence-corrected chi connectivity index (χ3v) is 4.80. The molecule has 2 aromatic carbocycles. The Morgan fingerprint density at radius 1 is 1.07 bits per heavy atom. The number of hydrogen-bond acceptors (Lipinski definition) is 4. The Labute approximate surface area is 169 Å². The summed E-state index contributed by atoms with van der Waals surface area (Å²) in [5, 5.41) is 3.41. The highest BCUT2D eigenvalue weighted by molar-refractivity contribution is 5.78. The smallest absolute Gasteiger partial charge is 0.224 e. The van der Waals surface area contributed by atoms with Crippen molar-refractivity contribution in [1.82, 2.24) is 19.3 Å². The standard InChI is InChI=1S/C23H23N5O/c1-27(17-18-8-4-2-5-9-18)21(29)12-13-25-23-22(19-10-6-3-7-11-19)26-20-16-24-14-15-28(20)23/h2-11,14-16,25H,12-13,17H2,1H3. The third-order valence-electron chi connectivity index (χ3n) is 4.80. The largest absolute Gasteiger partial charge is 0.369 e. The molecule has 0 bridgehead atoms. The van der Waals surface area contributed by atoms with E-state index in [1.54, 1.807) is 17.3 Å². The number of nitrogens with zero attached hydrogens (tertiary/aromatic N) is 4. The van der Waals surface area contributed by atoms with Gasteiger partial charge in [0.25, 0.3) is 0 Å². The molecular weight excluding hydrogens is 362 g/mol. The molecule has 4 aromatic rings. The molecule has 29 heavy (non-hydrogen) atoms. The minimum absolute atomic E-state index is 0.0955. The van der Waals surface area contributed by atoms with Gasteiger partial charge >= 0.3 is 0 Å². The average molecular weight is 385 g/mol. The first-order chi connectivity index (χ1) is 14.2. The maximum absolute atomic E-state index is 12.5. The highest BCUT2D eigenvalue weighted by atomic mass is 16.2. The average Bonchev–Trinajstić information content (AvgIpc) is 3.14. The summed E-state index contributed by atoms with van der Waals surface area (Å²) in [5.74, 6) is 0.963. The quantitative estimate of drug-likeness (QED) is 0.525. The van der Waals surface area contributed by atoms with Crippen LogP contribution in [-0.2, 0) is 11.3 Å². The lowest BCUT2D eigenvalue weighted by molar-refractivity contribution is -0.130. The van der Waals surface area contributed by atoms with Crippen molar-refractivity contribution < 1.29 is 4.79 Å². The zero-order chi connectivity index (χ0) is 20.1. The maximum Gasteiger partial charge on any atom is 0.224 e. The van der Waals surface area contributed by atoms with Gasteiger partial charge in [-0.1, -0.05) is 60.7 Å². The van der Waals surface area contributed by atoms with Crippen molar-refractivity contribution in [2.45, 2.75) is 13.0 Å². The van der Waals surface area contributed by atoms with Crippen LogP contribution in [0.5, 0.6) is 0 Å². The fourth-order valence-corrected chi connectivity index (χ4v) is 3.30. The molecule has 0 aliphatic rings. The van der Waals surface area contributed by atoms with Gasteiger partial charge in [-0.05, 0) is 5.56 Å². The lowest BCUT2D eigenvalue weighted by atomic mass is 10.1. The molecule has 0 unspecified atom stereocenters. The molecule has 0 saturated heterocycles. The van der Waals surface area contributed by atoms with E-state index in [-0.39, 0.29) is 5.91 Å². The van der Waals surface area contributed by atoms with Crippen LogP contribution in [0.15, 0.2) is 79.3 Å². The van der Waals surface area contributed by atoms with Gasteiger partial charge in [0.15, 0.2) is 5.65 Å². The molecule has 4 rings (SSSR count). The Kier molecular flexibility index (Phi) is 5.52. The van der Waals surface area contributed by atoms with E-state index in [1.165, 1.54) is 0 Å². The molecule has 0 saturated carbocycles. The Hall–Kier alpha value is -3.67. The van der Waals surface area contributed by atoms with E-state index in [9.17, 15) is 4.79 Å². The zero-order valence-corrected chi connectivity index (χ0v) is 16.3. The molecule has 6 nitrogen and oxygen atoms in total. The summed E-state index contributed by atoms with van der Waals surface area (Å²) in [4.78, 5) is 23.2. The molecular formula is C23H23N5O. The second-order valence-electron chi connectivity index (χ2n) is 6.89. The predicted octanol–water partition coefficient (Wildman–Crippen LogP) is 3.86. The summed E-state index contributed by atoms with van der Waals surface area (Å²) in [6, 6.07) is 20.0. The number of hydrogen-bond donors (Lipinski definition) is 1. The number of aromatic nitrogens is 3. The summed E-state index contributed by atoms with van der Waals surface area (Å²) >= 11 is 0. The van der Waals surface area contributed by atoms with Crippen LogP contribution in [0.3, 0.4) is 0 Å². The molecule has 146 valence electrons. The van der Waals surface area contributed by atoms with Crippen LogP contribution < -0.4 is 5.32 Å². The molecule has 0 atom stereocenters. The zero-order valence-electron chi connectivity index (χ0n) is 16.3. The third kappa shape index (κ3) is 4.27. The fraction of sp³-hybridized carbons (Fsp3) is 0.174. The second kappa shape index (κ2) is 8.56. The summed E-state index contributed by atoms with van der Waals surface area (Å²) in [6.45, 7) is 1.13. The number of rotatable bonds is 7. The van der Waals surface area contributed by atoms with Crippen molar-refractivity contribution >= 4 is 17.4 Å².